The molecule has 5 heteroatoms. The third-order valence-corrected chi connectivity index (χ3v) is 4.26. The fourth-order valence-corrected chi connectivity index (χ4v) is 3.19. The van der Waals surface area contributed by atoms with Gasteiger partial charge >= 0.3 is 0 Å². The van der Waals surface area contributed by atoms with E-state index in [9.17, 15) is 4.39 Å². The molecule has 0 spiro atoms. The molecule has 1 aliphatic heterocycles. The minimum absolute atomic E-state index is 0.167. The maximum absolute atomic E-state index is 14.2. The standard InChI is InChI=1S/C14H18ClFN2O/c15-10-2-1-3-11(16)13(10)14-12(8-17)19-7-6-18(14)9-4-5-9/h1-3,9,12,14H,4-8,17H2. The van der Waals surface area contributed by atoms with Crippen LogP contribution in [0.15, 0.2) is 18.2 Å². The quantitative estimate of drug-likeness (QED) is 0.926. The first-order chi connectivity index (χ1) is 9.22. The third kappa shape index (κ3) is 2.50. The molecule has 0 radical (unpaired) electrons. The van der Waals surface area contributed by atoms with Crippen LogP contribution in [-0.4, -0.2) is 36.7 Å². The van der Waals surface area contributed by atoms with Crippen LogP contribution >= 0.6 is 11.6 Å². The van der Waals surface area contributed by atoms with E-state index in [1.807, 2.05) is 0 Å². The Hall–Kier alpha value is -0.680. The average molecular weight is 285 g/mol. The number of hydrogen-bond donors (Lipinski definition) is 1. The van der Waals surface area contributed by atoms with Crippen LogP contribution in [0.1, 0.15) is 24.4 Å². The zero-order valence-electron chi connectivity index (χ0n) is 10.7. The molecule has 1 aromatic carbocycles. The fraction of sp³-hybridized carbons (Fsp3) is 0.571. The van der Waals surface area contributed by atoms with Gasteiger partial charge in [-0.05, 0) is 25.0 Å². The number of rotatable bonds is 3. The van der Waals surface area contributed by atoms with Crippen molar-refractivity contribution < 1.29 is 9.13 Å². The van der Waals surface area contributed by atoms with Crippen molar-refractivity contribution in [1.82, 2.24) is 4.90 Å². The molecular formula is C14H18ClFN2O. The van der Waals surface area contributed by atoms with Crippen molar-refractivity contribution in [2.75, 3.05) is 19.7 Å². The highest BCUT2D eigenvalue weighted by atomic mass is 35.5. The Morgan fingerprint density at radius 1 is 1.42 bits per heavy atom. The number of halogens is 2. The lowest BCUT2D eigenvalue weighted by atomic mass is 9.97. The number of morpholine rings is 1. The molecule has 1 aliphatic carbocycles. The van der Waals surface area contributed by atoms with Crippen LogP contribution in [0.25, 0.3) is 0 Å². The molecule has 2 N–H and O–H groups in total. The van der Waals surface area contributed by atoms with E-state index in [4.69, 9.17) is 22.1 Å². The van der Waals surface area contributed by atoms with Crippen LogP contribution in [-0.2, 0) is 4.74 Å². The third-order valence-electron chi connectivity index (χ3n) is 3.93. The molecule has 104 valence electrons. The molecule has 0 bridgehead atoms. The zero-order valence-corrected chi connectivity index (χ0v) is 11.4. The Labute approximate surface area is 117 Å². The highest BCUT2D eigenvalue weighted by Crippen LogP contribution is 2.41. The van der Waals surface area contributed by atoms with Crippen molar-refractivity contribution in [3.63, 3.8) is 0 Å². The normalized spacial score (nSPS) is 28.6. The summed E-state index contributed by atoms with van der Waals surface area (Å²) in [6, 6.07) is 5.17. The van der Waals surface area contributed by atoms with Gasteiger partial charge in [0.2, 0.25) is 0 Å². The molecule has 1 aromatic rings. The summed E-state index contributed by atoms with van der Waals surface area (Å²) in [5.41, 5.74) is 6.33. The Kier molecular flexibility index (Phi) is 3.76. The summed E-state index contributed by atoms with van der Waals surface area (Å²) < 4.78 is 19.9. The lowest BCUT2D eigenvalue weighted by molar-refractivity contribution is -0.0722. The minimum atomic E-state index is -0.271. The molecule has 0 aromatic heterocycles. The van der Waals surface area contributed by atoms with Gasteiger partial charge in [-0.15, -0.1) is 0 Å². The molecule has 3 nitrogen and oxygen atoms in total. The van der Waals surface area contributed by atoms with Gasteiger partial charge in [-0.3, -0.25) is 4.90 Å². The van der Waals surface area contributed by atoms with Crippen LogP contribution in [0.2, 0.25) is 5.02 Å². The van der Waals surface area contributed by atoms with Crippen molar-refractivity contribution in [3.8, 4) is 0 Å². The molecule has 1 saturated heterocycles. The van der Waals surface area contributed by atoms with Crippen molar-refractivity contribution >= 4 is 11.6 Å². The highest BCUT2D eigenvalue weighted by molar-refractivity contribution is 6.31. The number of nitrogens with zero attached hydrogens (tertiary/aromatic N) is 1. The molecule has 3 rings (SSSR count). The van der Waals surface area contributed by atoms with Crippen LogP contribution < -0.4 is 5.73 Å². The Morgan fingerprint density at radius 2 is 2.21 bits per heavy atom. The first kappa shape index (κ1) is 13.3. The summed E-state index contributed by atoms with van der Waals surface area (Å²) in [5, 5.41) is 0.458. The molecule has 2 unspecified atom stereocenters. The van der Waals surface area contributed by atoms with Gasteiger partial charge in [-0.2, -0.15) is 0 Å². The topological polar surface area (TPSA) is 38.5 Å². The van der Waals surface area contributed by atoms with E-state index in [0.717, 1.165) is 6.54 Å². The Morgan fingerprint density at radius 3 is 2.84 bits per heavy atom. The first-order valence-electron chi connectivity index (χ1n) is 6.73. The summed E-state index contributed by atoms with van der Waals surface area (Å²) in [6.07, 6.45) is 2.14. The Bertz CT molecular complexity index is 447. The predicted octanol–water partition coefficient (Wildman–Crippen LogP) is 2.34. The second-order valence-electron chi connectivity index (χ2n) is 5.19. The van der Waals surface area contributed by atoms with Crippen LogP contribution in [0, 0.1) is 5.82 Å². The zero-order chi connectivity index (χ0) is 13.4. The number of ether oxygens (including phenoxy) is 1. The maximum Gasteiger partial charge on any atom is 0.129 e. The number of benzene rings is 1. The predicted molar refractivity (Wildman–Crippen MR) is 72.7 cm³/mol. The van der Waals surface area contributed by atoms with Crippen molar-refractivity contribution in [3.05, 3.63) is 34.6 Å². The van der Waals surface area contributed by atoms with Gasteiger partial charge in [0.15, 0.2) is 0 Å². The van der Waals surface area contributed by atoms with Crippen molar-refractivity contribution in [2.24, 2.45) is 5.73 Å². The first-order valence-corrected chi connectivity index (χ1v) is 7.11. The molecule has 0 amide bonds. The molecular weight excluding hydrogens is 267 g/mol. The van der Waals surface area contributed by atoms with E-state index < -0.39 is 0 Å². The van der Waals surface area contributed by atoms with Gasteiger partial charge in [0.25, 0.3) is 0 Å². The SMILES string of the molecule is NCC1OCCN(C2CC2)C1c1c(F)cccc1Cl. The summed E-state index contributed by atoms with van der Waals surface area (Å²) in [5.74, 6) is -0.271. The molecule has 2 atom stereocenters. The summed E-state index contributed by atoms with van der Waals surface area (Å²) in [4.78, 5) is 2.31. The van der Waals surface area contributed by atoms with Gasteiger partial charge in [0, 0.05) is 29.7 Å². The molecule has 1 heterocycles. The van der Waals surface area contributed by atoms with Gasteiger partial charge in [-0.1, -0.05) is 17.7 Å². The highest BCUT2D eigenvalue weighted by Gasteiger charge is 2.42. The Balaban J connectivity index is 2.00. The lowest BCUT2D eigenvalue weighted by Gasteiger charge is -2.41. The summed E-state index contributed by atoms with van der Waals surface area (Å²) in [7, 11) is 0. The van der Waals surface area contributed by atoms with Crippen LogP contribution in [0.4, 0.5) is 4.39 Å². The number of hydrogen-bond acceptors (Lipinski definition) is 3. The smallest absolute Gasteiger partial charge is 0.129 e. The summed E-state index contributed by atoms with van der Waals surface area (Å²) in [6.45, 7) is 1.84. The molecule has 1 saturated carbocycles. The lowest BCUT2D eigenvalue weighted by Crippen LogP contribution is -2.49. The van der Waals surface area contributed by atoms with E-state index in [2.05, 4.69) is 4.90 Å². The monoisotopic (exact) mass is 284 g/mol. The average Bonchev–Trinajstić information content (AvgIpc) is 3.23. The van der Waals surface area contributed by atoms with Crippen LogP contribution in [0.3, 0.4) is 0 Å². The van der Waals surface area contributed by atoms with Crippen molar-refractivity contribution in [2.45, 2.75) is 31.0 Å². The molecule has 2 aliphatic rings. The van der Waals surface area contributed by atoms with E-state index in [-0.39, 0.29) is 18.0 Å². The van der Waals surface area contributed by atoms with Gasteiger partial charge < -0.3 is 10.5 Å². The fourth-order valence-electron chi connectivity index (χ4n) is 2.91. The molecule has 2 fully saturated rings. The van der Waals surface area contributed by atoms with Gasteiger partial charge in [0.1, 0.15) is 5.82 Å². The second kappa shape index (κ2) is 5.37. The maximum atomic E-state index is 14.2. The van der Waals surface area contributed by atoms with E-state index in [1.54, 1.807) is 12.1 Å². The van der Waals surface area contributed by atoms with E-state index in [1.165, 1.54) is 18.9 Å². The largest absolute Gasteiger partial charge is 0.374 e. The second-order valence-corrected chi connectivity index (χ2v) is 5.60. The van der Waals surface area contributed by atoms with Gasteiger partial charge in [-0.25, -0.2) is 4.39 Å². The van der Waals surface area contributed by atoms with Crippen LogP contribution in [0.5, 0.6) is 0 Å². The number of nitrogens with two attached hydrogens (primary N) is 1. The minimum Gasteiger partial charge on any atom is -0.374 e. The van der Waals surface area contributed by atoms with E-state index >= 15 is 0 Å². The summed E-state index contributed by atoms with van der Waals surface area (Å²) >= 11 is 6.21. The van der Waals surface area contributed by atoms with Crippen molar-refractivity contribution in [1.29, 1.82) is 0 Å². The van der Waals surface area contributed by atoms with Gasteiger partial charge in [0.05, 0.1) is 18.8 Å². The molecule has 19 heavy (non-hydrogen) atoms. The van der Waals surface area contributed by atoms with E-state index in [0.29, 0.717) is 29.8 Å².